The highest BCUT2D eigenvalue weighted by molar-refractivity contribution is 4.94. The Morgan fingerprint density at radius 3 is 2.05 bits per heavy atom. The van der Waals surface area contributed by atoms with Crippen molar-refractivity contribution in [2.45, 2.75) is 61.4 Å². The van der Waals surface area contributed by atoms with E-state index in [1.54, 1.807) is 0 Å². The number of aliphatic hydroxyl groups excluding tert-OH is 5. The van der Waals surface area contributed by atoms with Gasteiger partial charge in [-0.05, 0) is 0 Å². The molecule has 0 aromatic rings. The van der Waals surface area contributed by atoms with Gasteiger partial charge in [0.1, 0.15) is 49.1 Å². The van der Waals surface area contributed by atoms with Crippen LogP contribution in [-0.2, 0) is 14.2 Å². The van der Waals surface area contributed by atoms with Crippen molar-refractivity contribution in [1.82, 2.24) is 0 Å². The fraction of sp³-hybridized carbons (Fsp3) is 1.00. The van der Waals surface area contributed by atoms with E-state index < -0.39 is 68.0 Å². The topological polar surface area (TPSA) is 207 Å². The molecule has 2 rings (SSSR count). The lowest BCUT2D eigenvalue weighted by Gasteiger charge is -2.45. The van der Waals surface area contributed by atoms with Gasteiger partial charge in [-0.3, -0.25) is 0 Å². The van der Waals surface area contributed by atoms with Crippen LogP contribution in [0.15, 0.2) is 0 Å². The van der Waals surface area contributed by atoms with Crippen LogP contribution in [0.2, 0.25) is 0 Å². The summed E-state index contributed by atoms with van der Waals surface area (Å²) in [5.74, 6) is 0. The van der Waals surface area contributed by atoms with E-state index in [1.165, 1.54) is 0 Å². The van der Waals surface area contributed by atoms with Crippen molar-refractivity contribution in [2.24, 2.45) is 17.2 Å². The van der Waals surface area contributed by atoms with E-state index in [2.05, 4.69) is 0 Å². The van der Waals surface area contributed by atoms with E-state index in [1.807, 2.05) is 0 Å². The number of aliphatic hydroxyl groups is 5. The molecule has 0 radical (unpaired) electrons. The summed E-state index contributed by atoms with van der Waals surface area (Å²) in [7, 11) is 0. The third-order valence-corrected chi connectivity index (χ3v) is 3.88. The quantitative estimate of drug-likeness (QED) is 0.245. The summed E-state index contributed by atoms with van der Waals surface area (Å²) >= 11 is 0. The molecule has 2 fully saturated rings. The maximum Gasteiger partial charge on any atom is 0.176 e. The fourth-order valence-electron chi connectivity index (χ4n) is 2.46. The fourth-order valence-corrected chi connectivity index (χ4v) is 2.46. The van der Waals surface area contributed by atoms with Crippen LogP contribution >= 0.6 is 0 Å². The molecule has 2 aliphatic heterocycles. The molecule has 4 unspecified atom stereocenters. The summed E-state index contributed by atoms with van der Waals surface area (Å²) in [5.41, 5.74) is 16.8. The van der Waals surface area contributed by atoms with Gasteiger partial charge in [0.2, 0.25) is 0 Å². The lowest BCUT2D eigenvalue weighted by atomic mass is 9.97. The van der Waals surface area contributed by atoms with Crippen LogP contribution in [0.25, 0.3) is 0 Å². The van der Waals surface area contributed by atoms with Crippen molar-refractivity contribution in [3.8, 4) is 0 Å². The van der Waals surface area contributed by atoms with Crippen molar-refractivity contribution < 1.29 is 39.7 Å². The molecule has 0 aliphatic carbocycles. The van der Waals surface area contributed by atoms with Crippen LogP contribution in [0.4, 0.5) is 0 Å². The lowest BCUT2D eigenvalue weighted by Crippen LogP contribution is -2.67. The summed E-state index contributed by atoms with van der Waals surface area (Å²) in [6.07, 6.45) is -11.7. The van der Waals surface area contributed by atoms with Crippen LogP contribution < -0.4 is 17.2 Å². The van der Waals surface area contributed by atoms with E-state index in [0.29, 0.717) is 0 Å². The molecular formula is C11H23N3O8. The average Bonchev–Trinajstić information content (AvgIpc) is 2.49. The first-order chi connectivity index (χ1) is 10.3. The van der Waals surface area contributed by atoms with Crippen LogP contribution in [0.1, 0.15) is 0 Å². The van der Waals surface area contributed by atoms with E-state index in [4.69, 9.17) is 36.5 Å². The van der Waals surface area contributed by atoms with Gasteiger partial charge in [0, 0.05) is 0 Å². The second-order valence-electron chi connectivity index (χ2n) is 5.43. The number of hydrogen-bond acceptors (Lipinski definition) is 11. The molecule has 0 aromatic heterocycles. The molecule has 11 heteroatoms. The average molecular weight is 325 g/mol. The smallest absolute Gasteiger partial charge is 0.176 e. The Bertz CT molecular complexity index is 375. The van der Waals surface area contributed by atoms with Gasteiger partial charge >= 0.3 is 0 Å². The Balaban J connectivity index is 2.08. The molecule has 0 saturated carbocycles. The van der Waals surface area contributed by atoms with Gasteiger partial charge < -0.3 is 56.9 Å². The molecule has 2 saturated heterocycles. The molecular weight excluding hydrogens is 302 g/mol. The molecule has 0 bridgehead atoms. The summed E-state index contributed by atoms with van der Waals surface area (Å²) in [6.45, 7) is -0.575. The zero-order valence-corrected chi connectivity index (χ0v) is 11.7. The minimum atomic E-state index is -1.47. The molecule has 0 aromatic carbocycles. The van der Waals surface area contributed by atoms with E-state index in [9.17, 15) is 20.4 Å². The predicted molar refractivity (Wildman–Crippen MR) is 69.7 cm³/mol. The highest BCUT2D eigenvalue weighted by Gasteiger charge is 2.48. The Kier molecular flexibility index (Phi) is 5.68. The number of rotatable bonds is 3. The molecule has 0 amide bonds. The third-order valence-electron chi connectivity index (χ3n) is 3.88. The van der Waals surface area contributed by atoms with Crippen molar-refractivity contribution in [2.75, 3.05) is 6.61 Å². The number of nitrogens with two attached hydrogens (primary N) is 3. The Labute approximate surface area is 126 Å². The van der Waals surface area contributed by atoms with Gasteiger partial charge in [-0.2, -0.15) is 0 Å². The van der Waals surface area contributed by atoms with Crippen LogP contribution in [0.5, 0.6) is 0 Å². The molecule has 2 aliphatic rings. The highest BCUT2D eigenvalue weighted by atomic mass is 16.7. The maximum absolute atomic E-state index is 9.96. The van der Waals surface area contributed by atoms with Crippen LogP contribution in [0.3, 0.4) is 0 Å². The highest BCUT2D eigenvalue weighted by Crippen LogP contribution is 2.26. The molecule has 22 heavy (non-hydrogen) atoms. The SMILES string of the molecule is NC1[C@@H](O[C@@H]2C(N)O[C@@H](N)C(O)[C@H]2O)OC(CO)[C@@H](O)[C@@H]1O. The molecule has 0 spiro atoms. The summed E-state index contributed by atoms with van der Waals surface area (Å²) in [5, 5.41) is 48.3. The minimum Gasteiger partial charge on any atom is -0.394 e. The van der Waals surface area contributed by atoms with Gasteiger partial charge in [0.05, 0.1) is 12.6 Å². The first kappa shape index (κ1) is 17.9. The second kappa shape index (κ2) is 6.98. The molecule has 10 atom stereocenters. The maximum atomic E-state index is 9.96. The van der Waals surface area contributed by atoms with Crippen molar-refractivity contribution in [1.29, 1.82) is 0 Å². The van der Waals surface area contributed by atoms with E-state index in [0.717, 1.165) is 0 Å². The first-order valence-corrected chi connectivity index (χ1v) is 6.84. The predicted octanol–water partition coefficient (Wildman–Crippen LogP) is -5.54. The number of hydrogen-bond donors (Lipinski definition) is 8. The Morgan fingerprint density at radius 1 is 0.818 bits per heavy atom. The largest absolute Gasteiger partial charge is 0.394 e. The van der Waals surface area contributed by atoms with Crippen LogP contribution in [-0.4, -0.2) is 93.6 Å². The normalized spacial score (nSPS) is 53.5. The minimum absolute atomic E-state index is 0.575. The monoisotopic (exact) mass is 325 g/mol. The van der Waals surface area contributed by atoms with Crippen molar-refractivity contribution in [3.63, 3.8) is 0 Å². The van der Waals surface area contributed by atoms with Gasteiger partial charge in [-0.25, -0.2) is 0 Å². The summed E-state index contributed by atoms with van der Waals surface area (Å²) in [6, 6.07) is -1.16. The lowest BCUT2D eigenvalue weighted by molar-refractivity contribution is -0.317. The van der Waals surface area contributed by atoms with E-state index in [-0.39, 0.29) is 0 Å². The third kappa shape index (κ3) is 3.25. The second-order valence-corrected chi connectivity index (χ2v) is 5.43. The van der Waals surface area contributed by atoms with Gasteiger partial charge in [-0.15, -0.1) is 0 Å². The van der Waals surface area contributed by atoms with Gasteiger partial charge in [0.25, 0.3) is 0 Å². The van der Waals surface area contributed by atoms with Crippen LogP contribution in [0, 0.1) is 0 Å². The molecule has 11 N–H and O–H groups in total. The Morgan fingerprint density at radius 2 is 1.45 bits per heavy atom. The molecule has 11 nitrogen and oxygen atoms in total. The standard InChI is InChI=1S/C11H23N3O8/c12-3-5(17)4(16)2(1-15)20-11(3)21-8-6(18)7(19)9(13)22-10(8)14/h2-11,15-19H,1,12-14H2/t2?,3?,4-,5-,6-,7?,8+,9-,10?,11-/m1/s1. The van der Waals surface area contributed by atoms with Gasteiger partial charge in [-0.1, -0.05) is 0 Å². The summed E-state index contributed by atoms with van der Waals surface area (Å²) < 4.78 is 15.7. The van der Waals surface area contributed by atoms with E-state index >= 15 is 0 Å². The first-order valence-electron chi connectivity index (χ1n) is 6.84. The zero-order valence-electron chi connectivity index (χ0n) is 11.7. The Hall–Kier alpha value is -0.440. The van der Waals surface area contributed by atoms with Crippen molar-refractivity contribution in [3.05, 3.63) is 0 Å². The molecule has 130 valence electrons. The summed E-state index contributed by atoms with van der Waals surface area (Å²) in [4.78, 5) is 0. The zero-order chi connectivity index (χ0) is 16.6. The molecule has 2 heterocycles. The van der Waals surface area contributed by atoms with Gasteiger partial charge in [0.15, 0.2) is 6.29 Å². The number of ether oxygens (including phenoxy) is 3. The van der Waals surface area contributed by atoms with Crippen molar-refractivity contribution >= 4 is 0 Å².